The molecule has 40 heavy (non-hydrogen) atoms. The highest BCUT2D eigenvalue weighted by atomic mass is 19.4. The van der Waals surface area contributed by atoms with Crippen molar-refractivity contribution >= 4 is 0 Å². The highest BCUT2D eigenvalue weighted by molar-refractivity contribution is 5.68. The minimum absolute atomic E-state index is 0.287. The van der Waals surface area contributed by atoms with E-state index in [-0.39, 0.29) is 5.56 Å². The predicted octanol–water partition coefficient (Wildman–Crippen LogP) is 8.51. The van der Waals surface area contributed by atoms with Gasteiger partial charge in [0, 0.05) is 11.0 Å². The zero-order chi connectivity index (χ0) is 29.9. The van der Waals surface area contributed by atoms with Gasteiger partial charge in [-0.3, -0.25) is 0 Å². The lowest BCUT2D eigenvalue weighted by Crippen LogP contribution is -2.54. The van der Waals surface area contributed by atoms with Gasteiger partial charge in [-0.15, -0.1) is 0 Å². The number of rotatable bonds is 10. The number of hydrogen-bond acceptors (Lipinski definition) is 3. The van der Waals surface area contributed by atoms with E-state index in [1.807, 2.05) is 63.2 Å². The summed E-state index contributed by atoms with van der Waals surface area (Å²) in [6.45, 7) is 7.44. The number of halogens is 6. The summed E-state index contributed by atoms with van der Waals surface area (Å²) >= 11 is 0. The molecule has 3 aromatic rings. The number of alkyl halides is 6. The first-order chi connectivity index (χ1) is 18.7. The smallest absolute Gasteiger partial charge is 0.369 e. The molecule has 0 fully saturated rings. The Morgan fingerprint density at radius 1 is 0.725 bits per heavy atom. The molecule has 0 unspecified atom stereocenters. The van der Waals surface area contributed by atoms with Gasteiger partial charge in [-0.2, -0.15) is 26.3 Å². The molecule has 0 aliphatic heterocycles. The zero-order valence-electron chi connectivity index (χ0n) is 23.1. The van der Waals surface area contributed by atoms with Crippen LogP contribution in [-0.4, -0.2) is 31.2 Å². The third kappa shape index (κ3) is 5.78. The van der Waals surface area contributed by atoms with E-state index in [1.165, 1.54) is 19.2 Å². The van der Waals surface area contributed by atoms with Crippen molar-refractivity contribution in [1.29, 1.82) is 0 Å². The lowest BCUT2D eigenvalue weighted by Gasteiger charge is -2.37. The number of aryl methyl sites for hydroxylation is 2. The van der Waals surface area contributed by atoms with Crippen LogP contribution in [-0.2, 0) is 27.2 Å². The van der Waals surface area contributed by atoms with Gasteiger partial charge in [0.1, 0.15) is 0 Å². The van der Waals surface area contributed by atoms with Crippen molar-refractivity contribution in [1.82, 2.24) is 0 Å². The standard InChI is InChI=1S/C31H34F6O3/c1-6-28(7-2,25-13-15-27(21(4)19-25)29(38,30(32,33)34)31(35,36)37)24-12-14-26(20(3)18-24)23-10-8-22(9-11-23)16-17-40-39-5/h8-15,18-19,38H,6-7,16-17H2,1-5H3. The average molecular weight is 569 g/mol. The Morgan fingerprint density at radius 2 is 1.25 bits per heavy atom. The second-order valence-electron chi connectivity index (χ2n) is 9.99. The van der Waals surface area contributed by atoms with Crippen LogP contribution in [0.4, 0.5) is 26.3 Å². The molecule has 0 radical (unpaired) electrons. The van der Waals surface area contributed by atoms with Gasteiger partial charge in [0.15, 0.2) is 0 Å². The molecule has 0 saturated heterocycles. The largest absolute Gasteiger partial charge is 0.430 e. The molecule has 3 nitrogen and oxygen atoms in total. The SMILES string of the molecule is CCC(CC)(c1ccc(-c2ccc(CCOOC)cc2)c(C)c1)c1ccc(C(O)(C(F)(F)F)C(F)(F)F)c(C)c1. The molecule has 0 bridgehead atoms. The molecule has 9 heteroatoms. The molecular formula is C31H34F6O3. The van der Waals surface area contributed by atoms with Gasteiger partial charge in [0.05, 0.1) is 13.7 Å². The van der Waals surface area contributed by atoms with Crippen molar-refractivity contribution in [3.63, 3.8) is 0 Å². The number of aliphatic hydroxyl groups is 1. The fourth-order valence-corrected chi connectivity index (χ4v) is 5.45. The van der Waals surface area contributed by atoms with Crippen LogP contribution in [0.3, 0.4) is 0 Å². The molecular weight excluding hydrogens is 534 g/mol. The second-order valence-corrected chi connectivity index (χ2v) is 9.99. The van der Waals surface area contributed by atoms with E-state index in [4.69, 9.17) is 4.89 Å². The topological polar surface area (TPSA) is 38.7 Å². The fourth-order valence-electron chi connectivity index (χ4n) is 5.45. The van der Waals surface area contributed by atoms with Crippen molar-refractivity contribution < 1.29 is 41.2 Å². The summed E-state index contributed by atoms with van der Waals surface area (Å²) < 4.78 is 81.2. The summed E-state index contributed by atoms with van der Waals surface area (Å²) in [5.41, 5.74) is -1.55. The molecule has 0 aromatic heterocycles. The van der Waals surface area contributed by atoms with Crippen LogP contribution in [0.1, 0.15) is 60.1 Å². The number of hydrogen-bond donors (Lipinski definition) is 1. The van der Waals surface area contributed by atoms with Gasteiger partial charge in [0.2, 0.25) is 0 Å². The predicted molar refractivity (Wildman–Crippen MR) is 142 cm³/mol. The highest BCUT2D eigenvalue weighted by Gasteiger charge is 2.71. The highest BCUT2D eigenvalue weighted by Crippen LogP contribution is 2.51. The lowest BCUT2D eigenvalue weighted by molar-refractivity contribution is -0.376. The van der Waals surface area contributed by atoms with E-state index in [1.54, 1.807) is 0 Å². The van der Waals surface area contributed by atoms with E-state index in [9.17, 15) is 31.4 Å². The number of benzene rings is 3. The summed E-state index contributed by atoms with van der Waals surface area (Å²) in [7, 11) is 1.46. The van der Waals surface area contributed by atoms with Crippen LogP contribution in [0.25, 0.3) is 11.1 Å². The Bertz CT molecular complexity index is 1280. The van der Waals surface area contributed by atoms with Crippen molar-refractivity contribution in [2.45, 2.75) is 70.3 Å². The quantitative estimate of drug-likeness (QED) is 0.115. The van der Waals surface area contributed by atoms with Crippen LogP contribution < -0.4 is 0 Å². The van der Waals surface area contributed by atoms with Gasteiger partial charge >= 0.3 is 12.4 Å². The van der Waals surface area contributed by atoms with Crippen molar-refractivity contribution in [2.75, 3.05) is 13.7 Å². The molecule has 0 amide bonds. The summed E-state index contributed by atoms with van der Waals surface area (Å²) in [4.78, 5) is 9.54. The van der Waals surface area contributed by atoms with Crippen LogP contribution >= 0.6 is 0 Å². The molecule has 218 valence electrons. The minimum Gasteiger partial charge on any atom is -0.369 e. The molecule has 0 aliphatic rings. The monoisotopic (exact) mass is 568 g/mol. The maximum Gasteiger partial charge on any atom is 0.430 e. The fraction of sp³-hybridized carbons (Fsp3) is 0.419. The van der Waals surface area contributed by atoms with Crippen LogP contribution in [0.2, 0.25) is 0 Å². The van der Waals surface area contributed by atoms with Gasteiger partial charge in [-0.05, 0) is 72.1 Å². The summed E-state index contributed by atoms with van der Waals surface area (Å²) in [6.07, 6.45) is -10.1. The van der Waals surface area contributed by atoms with Crippen molar-refractivity contribution in [3.8, 4) is 11.1 Å². The molecule has 0 aliphatic carbocycles. The van der Waals surface area contributed by atoms with Gasteiger partial charge < -0.3 is 5.11 Å². The van der Waals surface area contributed by atoms with Gasteiger partial charge in [0.25, 0.3) is 5.60 Å². The summed E-state index contributed by atoms with van der Waals surface area (Å²) in [6, 6.07) is 17.4. The third-order valence-corrected chi connectivity index (χ3v) is 7.83. The van der Waals surface area contributed by atoms with E-state index in [0.29, 0.717) is 31.4 Å². The average Bonchev–Trinajstić information content (AvgIpc) is 2.89. The normalized spacial score (nSPS) is 13.1. The first kappa shape index (κ1) is 31.6. The van der Waals surface area contributed by atoms with E-state index >= 15 is 0 Å². The van der Waals surface area contributed by atoms with E-state index in [0.717, 1.165) is 40.8 Å². The van der Waals surface area contributed by atoms with Crippen LogP contribution in [0.5, 0.6) is 0 Å². The first-order valence-corrected chi connectivity index (χ1v) is 13.0. The first-order valence-electron chi connectivity index (χ1n) is 13.0. The third-order valence-electron chi connectivity index (χ3n) is 7.83. The molecule has 1 N–H and O–H groups in total. The van der Waals surface area contributed by atoms with Crippen molar-refractivity contribution in [3.05, 3.63) is 94.0 Å². The Morgan fingerprint density at radius 3 is 1.70 bits per heavy atom. The van der Waals surface area contributed by atoms with Gasteiger partial charge in [-0.1, -0.05) is 74.5 Å². The molecule has 0 heterocycles. The Labute approximate surface area is 230 Å². The zero-order valence-corrected chi connectivity index (χ0v) is 23.1. The van der Waals surface area contributed by atoms with E-state index in [2.05, 4.69) is 4.89 Å². The van der Waals surface area contributed by atoms with Gasteiger partial charge in [-0.25, -0.2) is 9.78 Å². The molecule has 0 saturated carbocycles. The van der Waals surface area contributed by atoms with Crippen LogP contribution in [0.15, 0.2) is 60.7 Å². The maximum atomic E-state index is 13.5. The van der Waals surface area contributed by atoms with E-state index < -0.39 is 28.9 Å². The molecule has 3 aromatic carbocycles. The summed E-state index contributed by atoms with van der Waals surface area (Å²) in [5, 5.41) is 9.95. The maximum absolute atomic E-state index is 13.5. The molecule has 3 rings (SSSR count). The Kier molecular flexibility index (Phi) is 9.43. The summed E-state index contributed by atoms with van der Waals surface area (Å²) in [5.74, 6) is 0. The minimum atomic E-state index is -5.94. The van der Waals surface area contributed by atoms with Crippen LogP contribution in [0, 0.1) is 13.8 Å². The second kappa shape index (κ2) is 11.9. The Hall–Kier alpha value is -2.88. The molecule has 0 atom stereocenters. The van der Waals surface area contributed by atoms with Crippen molar-refractivity contribution in [2.24, 2.45) is 0 Å². The molecule has 0 spiro atoms. The lowest BCUT2D eigenvalue weighted by atomic mass is 9.69. The Balaban J connectivity index is 2.03.